The van der Waals surface area contributed by atoms with Gasteiger partial charge in [-0.25, -0.2) is 13.6 Å². The van der Waals surface area contributed by atoms with Gasteiger partial charge in [-0.2, -0.15) is 0 Å². The Morgan fingerprint density at radius 2 is 1.92 bits per heavy atom. The van der Waals surface area contributed by atoms with Crippen molar-refractivity contribution >= 4 is 15.9 Å². The van der Waals surface area contributed by atoms with E-state index in [1.165, 1.54) is 0 Å². The molecule has 0 aliphatic carbocycles. The Kier molecular flexibility index (Phi) is 3.91. The van der Waals surface area contributed by atoms with Crippen molar-refractivity contribution in [3.8, 4) is 0 Å². The Balaban J connectivity index is 3.73. The molecule has 0 saturated carbocycles. The lowest BCUT2D eigenvalue weighted by Gasteiger charge is -1.99. The molecule has 0 atom stereocenters. The third-order valence-electron chi connectivity index (χ3n) is 1.26. The topological polar surface area (TPSA) is 103 Å². The van der Waals surface area contributed by atoms with Gasteiger partial charge < -0.3 is 5.73 Å². The van der Waals surface area contributed by atoms with E-state index in [0.29, 0.717) is 0 Å². The number of nitrogens with two attached hydrogens (primary N) is 2. The molecule has 0 aromatic rings. The van der Waals surface area contributed by atoms with Crippen LogP contribution in [0.4, 0.5) is 0 Å². The van der Waals surface area contributed by atoms with Gasteiger partial charge in [0.05, 0.1) is 5.75 Å². The Labute approximate surface area is 71.5 Å². The molecule has 70 valence electrons. The minimum atomic E-state index is -3.44. The van der Waals surface area contributed by atoms with E-state index < -0.39 is 15.9 Å². The molecule has 6 heteroatoms. The SMILES string of the molecule is C=C(CCCS(N)(=O)=O)C(N)=O. The maximum atomic E-state index is 10.4. The van der Waals surface area contributed by atoms with Gasteiger partial charge in [0, 0.05) is 5.57 Å². The van der Waals surface area contributed by atoms with E-state index in [-0.39, 0.29) is 24.2 Å². The quantitative estimate of drug-likeness (QED) is 0.551. The number of sulfonamides is 1. The molecule has 1 amide bonds. The monoisotopic (exact) mass is 192 g/mol. The average molecular weight is 192 g/mol. The Morgan fingerprint density at radius 3 is 2.25 bits per heavy atom. The number of rotatable bonds is 5. The van der Waals surface area contributed by atoms with Crippen LogP contribution in [0.3, 0.4) is 0 Å². The molecule has 0 unspecified atom stereocenters. The molecule has 0 aliphatic rings. The van der Waals surface area contributed by atoms with E-state index in [0.717, 1.165) is 0 Å². The molecule has 12 heavy (non-hydrogen) atoms. The number of hydrogen-bond donors (Lipinski definition) is 2. The minimum Gasteiger partial charge on any atom is -0.366 e. The lowest BCUT2D eigenvalue weighted by Crippen LogP contribution is -2.18. The van der Waals surface area contributed by atoms with Crippen molar-refractivity contribution in [3.63, 3.8) is 0 Å². The standard InChI is InChI=1S/C6H12N2O3S/c1-5(6(7)9)3-2-4-12(8,10)11/h1-4H2,(H2,7,9)(H2,8,10,11). The zero-order valence-electron chi connectivity index (χ0n) is 6.62. The lowest BCUT2D eigenvalue weighted by molar-refractivity contribution is -0.114. The van der Waals surface area contributed by atoms with E-state index in [4.69, 9.17) is 10.9 Å². The molecule has 5 nitrogen and oxygen atoms in total. The summed E-state index contributed by atoms with van der Waals surface area (Å²) in [5, 5.41) is 4.72. The summed E-state index contributed by atoms with van der Waals surface area (Å²) in [4.78, 5) is 10.4. The summed E-state index contributed by atoms with van der Waals surface area (Å²) < 4.78 is 20.8. The molecule has 0 aromatic carbocycles. The molecule has 0 bridgehead atoms. The van der Waals surface area contributed by atoms with Gasteiger partial charge in [0.15, 0.2) is 0 Å². The largest absolute Gasteiger partial charge is 0.366 e. The molecular weight excluding hydrogens is 180 g/mol. The number of primary sulfonamides is 1. The first-order valence-corrected chi connectivity index (χ1v) is 5.02. The van der Waals surface area contributed by atoms with E-state index in [1.54, 1.807) is 0 Å². The number of primary amides is 1. The average Bonchev–Trinajstić information content (AvgIpc) is 1.84. The molecular formula is C6H12N2O3S. The minimum absolute atomic E-state index is 0.153. The van der Waals surface area contributed by atoms with Gasteiger partial charge in [-0.1, -0.05) is 6.58 Å². The fourth-order valence-electron chi connectivity index (χ4n) is 0.610. The summed E-state index contributed by atoms with van der Waals surface area (Å²) in [6.45, 7) is 3.36. The first-order valence-electron chi connectivity index (χ1n) is 3.31. The zero-order valence-corrected chi connectivity index (χ0v) is 7.43. The van der Waals surface area contributed by atoms with E-state index in [9.17, 15) is 13.2 Å². The summed E-state index contributed by atoms with van der Waals surface area (Å²) in [7, 11) is -3.44. The summed E-state index contributed by atoms with van der Waals surface area (Å²) in [6, 6.07) is 0. The third kappa shape index (κ3) is 5.87. The highest BCUT2D eigenvalue weighted by atomic mass is 32.2. The number of amides is 1. The van der Waals surface area contributed by atoms with Gasteiger partial charge in [-0.3, -0.25) is 4.79 Å². The van der Waals surface area contributed by atoms with Gasteiger partial charge in [-0.05, 0) is 12.8 Å². The summed E-state index contributed by atoms with van der Waals surface area (Å²) >= 11 is 0. The van der Waals surface area contributed by atoms with Crippen LogP contribution in [-0.2, 0) is 14.8 Å². The van der Waals surface area contributed by atoms with E-state index >= 15 is 0 Å². The predicted octanol–water partition coefficient (Wildman–Crippen LogP) is -0.903. The first-order chi connectivity index (χ1) is 5.33. The highest BCUT2D eigenvalue weighted by molar-refractivity contribution is 7.89. The Hall–Kier alpha value is -0.880. The van der Waals surface area contributed by atoms with Crippen molar-refractivity contribution in [2.75, 3.05) is 5.75 Å². The summed E-state index contributed by atoms with van der Waals surface area (Å²) in [5.41, 5.74) is 5.09. The summed E-state index contributed by atoms with van der Waals surface area (Å²) in [6.07, 6.45) is 0.548. The first kappa shape index (κ1) is 11.1. The molecule has 0 saturated heterocycles. The highest BCUT2D eigenvalue weighted by Gasteiger charge is 2.05. The maximum absolute atomic E-state index is 10.4. The van der Waals surface area contributed by atoms with Crippen molar-refractivity contribution in [3.05, 3.63) is 12.2 Å². The molecule has 0 rings (SSSR count). The molecule has 0 aliphatic heterocycles. The number of carbonyl (C=O) groups is 1. The zero-order chi connectivity index (χ0) is 9.78. The van der Waals surface area contributed by atoms with Crippen LogP contribution in [0.15, 0.2) is 12.2 Å². The molecule has 0 aromatic heterocycles. The van der Waals surface area contributed by atoms with E-state index in [1.807, 2.05) is 0 Å². The molecule has 0 fully saturated rings. The van der Waals surface area contributed by atoms with Crippen molar-refractivity contribution in [2.45, 2.75) is 12.8 Å². The highest BCUT2D eigenvalue weighted by Crippen LogP contribution is 2.01. The molecule has 4 N–H and O–H groups in total. The Bertz CT molecular complexity index is 281. The normalized spacial score (nSPS) is 11.1. The van der Waals surface area contributed by atoms with Crippen LogP contribution < -0.4 is 10.9 Å². The van der Waals surface area contributed by atoms with Crippen LogP contribution in [0.25, 0.3) is 0 Å². The molecule has 0 heterocycles. The van der Waals surface area contributed by atoms with Crippen LogP contribution in [0, 0.1) is 0 Å². The maximum Gasteiger partial charge on any atom is 0.244 e. The van der Waals surface area contributed by atoms with Crippen molar-refractivity contribution in [1.29, 1.82) is 0 Å². The van der Waals surface area contributed by atoms with Crippen LogP contribution >= 0.6 is 0 Å². The fourth-order valence-corrected chi connectivity index (χ4v) is 1.16. The van der Waals surface area contributed by atoms with E-state index in [2.05, 4.69) is 6.58 Å². The third-order valence-corrected chi connectivity index (χ3v) is 2.11. The molecule has 0 radical (unpaired) electrons. The van der Waals surface area contributed by atoms with Crippen LogP contribution in [-0.4, -0.2) is 20.1 Å². The second-order valence-corrected chi connectivity index (χ2v) is 4.17. The lowest BCUT2D eigenvalue weighted by atomic mass is 10.2. The van der Waals surface area contributed by atoms with Gasteiger partial charge in [0.2, 0.25) is 15.9 Å². The van der Waals surface area contributed by atoms with Gasteiger partial charge >= 0.3 is 0 Å². The van der Waals surface area contributed by atoms with Gasteiger partial charge in [0.25, 0.3) is 0 Å². The van der Waals surface area contributed by atoms with Crippen molar-refractivity contribution < 1.29 is 13.2 Å². The number of hydrogen-bond acceptors (Lipinski definition) is 3. The van der Waals surface area contributed by atoms with Gasteiger partial charge in [-0.15, -0.1) is 0 Å². The fraction of sp³-hybridized carbons (Fsp3) is 0.500. The van der Waals surface area contributed by atoms with Crippen LogP contribution in [0.2, 0.25) is 0 Å². The Morgan fingerprint density at radius 1 is 1.42 bits per heavy atom. The molecule has 0 spiro atoms. The van der Waals surface area contributed by atoms with Crippen LogP contribution in [0.1, 0.15) is 12.8 Å². The van der Waals surface area contributed by atoms with Crippen LogP contribution in [0.5, 0.6) is 0 Å². The van der Waals surface area contributed by atoms with Crippen molar-refractivity contribution in [1.82, 2.24) is 0 Å². The number of carbonyl (C=O) groups excluding carboxylic acids is 1. The summed E-state index contributed by atoms with van der Waals surface area (Å²) in [5.74, 6) is -0.760. The van der Waals surface area contributed by atoms with Crippen molar-refractivity contribution in [2.24, 2.45) is 10.9 Å². The second kappa shape index (κ2) is 4.22. The smallest absolute Gasteiger partial charge is 0.244 e. The predicted molar refractivity (Wildman–Crippen MR) is 45.5 cm³/mol. The van der Waals surface area contributed by atoms with Gasteiger partial charge in [0.1, 0.15) is 0 Å². The second-order valence-electron chi connectivity index (χ2n) is 2.44.